The number of hydrogen-bond donors (Lipinski definition) is 0. The van der Waals surface area contributed by atoms with E-state index in [1.54, 1.807) is 0 Å². The van der Waals surface area contributed by atoms with E-state index < -0.39 is 0 Å². The van der Waals surface area contributed by atoms with E-state index in [4.69, 9.17) is 0 Å². The van der Waals surface area contributed by atoms with Crippen molar-refractivity contribution < 1.29 is 0 Å². The van der Waals surface area contributed by atoms with Crippen molar-refractivity contribution in [3.05, 3.63) is 59.7 Å². The summed E-state index contributed by atoms with van der Waals surface area (Å²) in [6.07, 6.45) is 2.69. The van der Waals surface area contributed by atoms with Gasteiger partial charge in [0.1, 0.15) is 0 Å². The van der Waals surface area contributed by atoms with Gasteiger partial charge >= 0.3 is 0 Å². The van der Waals surface area contributed by atoms with Crippen molar-refractivity contribution in [1.29, 1.82) is 0 Å². The predicted molar refractivity (Wildman–Crippen MR) is 67.4 cm³/mol. The first-order chi connectivity index (χ1) is 7.84. The van der Waals surface area contributed by atoms with Gasteiger partial charge in [-0.2, -0.15) is 0 Å². The fourth-order valence-electron chi connectivity index (χ4n) is 2.15. The second kappa shape index (κ2) is 3.79. The van der Waals surface area contributed by atoms with Gasteiger partial charge in [0.05, 0.1) is 0 Å². The molecule has 0 N–H and O–H groups in total. The highest BCUT2D eigenvalue weighted by atomic mass is 14.3. The summed E-state index contributed by atoms with van der Waals surface area (Å²) in [5.41, 5.74) is 5.32. The minimum atomic E-state index is 0.797. The van der Waals surface area contributed by atoms with Crippen LogP contribution in [0.1, 0.15) is 29.9 Å². The Morgan fingerprint density at radius 1 is 1.06 bits per heavy atom. The molecule has 16 heavy (non-hydrogen) atoms. The lowest BCUT2D eigenvalue weighted by Gasteiger charge is -2.06. The highest BCUT2D eigenvalue weighted by Gasteiger charge is 2.23. The Bertz CT molecular complexity index is 490. The molecule has 0 spiro atoms. The standard InChI is InChI=1S/C16H15/c1-12-4-2-3-5-16(12)15-10-8-14(9-11-15)13-6-7-13/h2-5,8,10-11,13H,6-7H2,1H3. The maximum atomic E-state index is 3.42. The van der Waals surface area contributed by atoms with E-state index in [9.17, 15) is 0 Å². The van der Waals surface area contributed by atoms with Crippen LogP contribution in [0.25, 0.3) is 11.1 Å². The summed E-state index contributed by atoms with van der Waals surface area (Å²) in [5, 5.41) is 0. The van der Waals surface area contributed by atoms with Gasteiger partial charge < -0.3 is 0 Å². The Morgan fingerprint density at radius 3 is 2.50 bits per heavy atom. The molecule has 0 amide bonds. The van der Waals surface area contributed by atoms with Crippen LogP contribution in [0.2, 0.25) is 0 Å². The quantitative estimate of drug-likeness (QED) is 0.687. The predicted octanol–water partition coefficient (Wildman–Crippen LogP) is 4.34. The van der Waals surface area contributed by atoms with E-state index in [1.165, 1.54) is 35.1 Å². The Hall–Kier alpha value is -1.56. The van der Waals surface area contributed by atoms with Crippen LogP contribution in [0.5, 0.6) is 0 Å². The SMILES string of the molecule is Cc1ccccc1-c1c[c]c(C2CC2)cc1. The van der Waals surface area contributed by atoms with Crippen molar-refractivity contribution in [3.63, 3.8) is 0 Å². The van der Waals surface area contributed by atoms with Crippen LogP contribution in [0.3, 0.4) is 0 Å². The summed E-state index contributed by atoms with van der Waals surface area (Å²) < 4.78 is 0. The number of rotatable bonds is 2. The average Bonchev–Trinajstić information content (AvgIpc) is 3.14. The highest BCUT2D eigenvalue weighted by Crippen LogP contribution is 2.40. The molecule has 2 aromatic carbocycles. The van der Waals surface area contributed by atoms with Crippen LogP contribution in [0, 0.1) is 13.0 Å². The topological polar surface area (TPSA) is 0 Å². The Kier molecular flexibility index (Phi) is 2.28. The second-order valence-electron chi connectivity index (χ2n) is 4.62. The first kappa shape index (κ1) is 9.65. The van der Waals surface area contributed by atoms with Crippen molar-refractivity contribution in [2.75, 3.05) is 0 Å². The molecular formula is C16H15. The third-order valence-electron chi connectivity index (χ3n) is 3.31. The van der Waals surface area contributed by atoms with Gasteiger partial charge in [0.15, 0.2) is 0 Å². The molecule has 0 aliphatic heterocycles. The maximum Gasteiger partial charge on any atom is -0.0140 e. The molecule has 0 unspecified atom stereocenters. The molecule has 1 fully saturated rings. The number of hydrogen-bond acceptors (Lipinski definition) is 0. The summed E-state index contributed by atoms with van der Waals surface area (Å²) >= 11 is 0. The molecule has 1 radical (unpaired) electrons. The molecule has 0 bridgehead atoms. The summed E-state index contributed by atoms with van der Waals surface area (Å²) in [4.78, 5) is 0. The Labute approximate surface area is 96.9 Å². The summed E-state index contributed by atoms with van der Waals surface area (Å²) in [6.45, 7) is 2.16. The Morgan fingerprint density at radius 2 is 1.88 bits per heavy atom. The third-order valence-corrected chi connectivity index (χ3v) is 3.31. The largest absolute Gasteiger partial charge is 0.0620 e. The molecular weight excluding hydrogens is 192 g/mol. The molecule has 1 aliphatic carbocycles. The summed E-state index contributed by atoms with van der Waals surface area (Å²) in [6, 6.07) is 18.5. The van der Waals surface area contributed by atoms with Crippen LogP contribution >= 0.6 is 0 Å². The third kappa shape index (κ3) is 1.76. The van der Waals surface area contributed by atoms with Crippen LogP contribution in [-0.4, -0.2) is 0 Å². The minimum Gasteiger partial charge on any atom is -0.0620 e. The van der Waals surface area contributed by atoms with Gasteiger partial charge in [0, 0.05) is 0 Å². The van der Waals surface area contributed by atoms with Crippen LogP contribution < -0.4 is 0 Å². The van der Waals surface area contributed by atoms with E-state index in [1.807, 2.05) is 0 Å². The van der Waals surface area contributed by atoms with E-state index >= 15 is 0 Å². The monoisotopic (exact) mass is 207 g/mol. The van der Waals surface area contributed by atoms with E-state index in [2.05, 4.69) is 55.5 Å². The average molecular weight is 207 g/mol. The van der Waals surface area contributed by atoms with E-state index in [-0.39, 0.29) is 0 Å². The van der Waals surface area contributed by atoms with Crippen molar-refractivity contribution in [2.45, 2.75) is 25.7 Å². The van der Waals surface area contributed by atoms with Gasteiger partial charge in [-0.25, -0.2) is 0 Å². The fourth-order valence-corrected chi connectivity index (χ4v) is 2.15. The molecule has 0 aromatic heterocycles. The van der Waals surface area contributed by atoms with Gasteiger partial charge in [0.25, 0.3) is 0 Å². The molecule has 0 nitrogen and oxygen atoms in total. The smallest absolute Gasteiger partial charge is 0.0140 e. The lowest BCUT2D eigenvalue weighted by Crippen LogP contribution is -1.84. The van der Waals surface area contributed by atoms with Crippen molar-refractivity contribution in [1.82, 2.24) is 0 Å². The fraction of sp³-hybridized carbons (Fsp3) is 0.250. The zero-order valence-corrected chi connectivity index (χ0v) is 9.53. The van der Waals surface area contributed by atoms with Gasteiger partial charge in [-0.05, 0) is 60.1 Å². The molecule has 3 rings (SSSR count). The van der Waals surface area contributed by atoms with Crippen molar-refractivity contribution >= 4 is 0 Å². The molecule has 0 heteroatoms. The lowest BCUT2D eigenvalue weighted by molar-refractivity contribution is 1.13. The highest BCUT2D eigenvalue weighted by molar-refractivity contribution is 5.67. The summed E-state index contributed by atoms with van der Waals surface area (Å²) in [5.74, 6) is 0.797. The summed E-state index contributed by atoms with van der Waals surface area (Å²) in [7, 11) is 0. The molecule has 0 atom stereocenters. The van der Waals surface area contributed by atoms with E-state index in [0.29, 0.717) is 0 Å². The first-order valence-electron chi connectivity index (χ1n) is 5.92. The second-order valence-corrected chi connectivity index (χ2v) is 4.62. The van der Waals surface area contributed by atoms with Crippen LogP contribution in [-0.2, 0) is 0 Å². The van der Waals surface area contributed by atoms with Gasteiger partial charge in [0.2, 0.25) is 0 Å². The molecule has 1 aliphatic rings. The molecule has 0 heterocycles. The lowest BCUT2D eigenvalue weighted by atomic mass is 9.99. The van der Waals surface area contributed by atoms with E-state index in [0.717, 1.165) is 5.92 Å². The van der Waals surface area contributed by atoms with Gasteiger partial charge in [-0.3, -0.25) is 0 Å². The molecule has 1 saturated carbocycles. The van der Waals surface area contributed by atoms with Crippen molar-refractivity contribution in [3.8, 4) is 11.1 Å². The van der Waals surface area contributed by atoms with Gasteiger partial charge in [-0.15, -0.1) is 0 Å². The molecule has 2 aromatic rings. The van der Waals surface area contributed by atoms with Crippen LogP contribution in [0.4, 0.5) is 0 Å². The maximum absolute atomic E-state index is 3.42. The first-order valence-corrected chi connectivity index (χ1v) is 5.92. The Balaban J connectivity index is 1.97. The molecule has 79 valence electrons. The minimum absolute atomic E-state index is 0.797. The normalized spacial score (nSPS) is 15.1. The molecule has 0 saturated heterocycles. The number of aryl methyl sites for hydroxylation is 1. The van der Waals surface area contributed by atoms with Crippen LogP contribution in [0.15, 0.2) is 42.5 Å². The zero-order chi connectivity index (χ0) is 11.0. The number of benzene rings is 2. The van der Waals surface area contributed by atoms with Crippen molar-refractivity contribution in [2.24, 2.45) is 0 Å². The van der Waals surface area contributed by atoms with Gasteiger partial charge in [-0.1, -0.05) is 36.4 Å². The zero-order valence-electron chi connectivity index (χ0n) is 9.53.